The number of fused-ring (bicyclic) bond motifs is 1. The molecule has 1 amide bonds. The minimum atomic E-state index is 0. The van der Waals surface area contributed by atoms with E-state index in [4.69, 9.17) is 11.6 Å². The highest BCUT2D eigenvalue weighted by atomic mass is 35.5. The van der Waals surface area contributed by atoms with E-state index in [1.165, 1.54) is 25.7 Å². The van der Waals surface area contributed by atoms with Gasteiger partial charge in [-0.1, -0.05) is 42.6 Å². The zero-order valence-electron chi connectivity index (χ0n) is 13.2. The molecule has 2 saturated carbocycles. The quantitative estimate of drug-likeness (QED) is 0.878. The van der Waals surface area contributed by atoms with Crippen molar-refractivity contribution in [3.05, 3.63) is 34.9 Å². The van der Waals surface area contributed by atoms with E-state index in [0.29, 0.717) is 23.7 Å². The largest absolute Gasteiger partial charge is 0.333 e. The van der Waals surface area contributed by atoms with E-state index in [1.807, 2.05) is 18.2 Å². The van der Waals surface area contributed by atoms with Crippen LogP contribution in [0.25, 0.3) is 0 Å². The van der Waals surface area contributed by atoms with Crippen LogP contribution in [-0.4, -0.2) is 30.4 Å². The Bertz CT molecular complexity index is 568. The van der Waals surface area contributed by atoms with Gasteiger partial charge in [0.05, 0.1) is 6.04 Å². The van der Waals surface area contributed by atoms with Crippen molar-refractivity contribution in [3.63, 3.8) is 0 Å². The number of carbonyl (C=O) groups excluding carboxylic acids is 1. The van der Waals surface area contributed by atoms with Crippen LogP contribution in [0.5, 0.6) is 0 Å². The van der Waals surface area contributed by atoms with E-state index in [-0.39, 0.29) is 18.4 Å². The molecule has 1 heterocycles. The molecule has 1 aliphatic heterocycles. The van der Waals surface area contributed by atoms with Gasteiger partial charge in [0.2, 0.25) is 5.91 Å². The first-order valence-corrected chi connectivity index (χ1v) is 8.91. The molecule has 3 nitrogen and oxygen atoms in total. The van der Waals surface area contributed by atoms with Crippen LogP contribution >= 0.6 is 24.0 Å². The predicted molar refractivity (Wildman–Crippen MR) is 95.0 cm³/mol. The number of benzene rings is 1. The molecular weight excluding hydrogens is 331 g/mol. The van der Waals surface area contributed by atoms with Gasteiger partial charge in [0.25, 0.3) is 0 Å². The number of rotatable bonds is 2. The van der Waals surface area contributed by atoms with Crippen LogP contribution in [0.15, 0.2) is 24.3 Å². The fourth-order valence-electron chi connectivity index (χ4n) is 4.54. The zero-order valence-corrected chi connectivity index (χ0v) is 14.8. The Kier molecular flexibility index (Phi) is 5.19. The summed E-state index contributed by atoms with van der Waals surface area (Å²) >= 11 is 6.38. The second kappa shape index (κ2) is 7.00. The molecule has 0 radical (unpaired) electrons. The van der Waals surface area contributed by atoms with E-state index in [1.54, 1.807) is 0 Å². The van der Waals surface area contributed by atoms with Crippen molar-refractivity contribution >= 4 is 29.9 Å². The maximum Gasteiger partial charge on any atom is 0.226 e. The first-order chi connectivity index (χ1) is 10.8. The van der Waals surface area contributed by atoms with Crippen LogP contribution in [0.3, 0.4) is 0 Å². The highest BCUT2D eigenvalue weighted by Crippen LogP contribution is 2.56. The summed E-state index contributed by atoms with van der Waals surface area (Å²) < 4.78 is 0. The summed E-state index contributed by atoms with van der Waals surface area (Å²) in [6.45, 7) is 2.48. The highest BCUT2D eigenvalue weighted by Gasteiger charge is 2.56. The second-order valence-electron chi connectivity index (χ2n) is 6.91. The number of piperazine rings is 1. The van der Waals surface area contributed by atoms with E-state index >= 15 is 0 Å². The fraction of sp³-hybridized carbons (Fsp3) is 0.611. The smallest absolute Gasteiger partial charge is 0.226 e. The molecule has 0 bridgehead atoms. The molecule has 1 aromatic rings. The fourth-order valence-corrected chi connectivity index (χ4v) is 4.80. The zero-order chi connectivity index (χ0) is 15.1. The van der Waals surface area contributed by atoms with E-state index < -0.39 is 0 Å². The molecule has 126 valence electrons. The number of halogens is 2. The molecule has 2 aliphatic carbocycles. The lowest BCUT2D eigenvalue weighted by Gasteiger charge is -2.37. The standard InChI is InChI=1S/C18H23ClN2O.ClH/c19-15-8-4-3-7-14(15)16-11-20-9-10-21(16)18(22)17-12-5-1-2-6-13(12)17;/h3-4,7-8,12-13,16-17,20H,1-2,5-6,9-11H2;1H. The Morgan fingerprint density at radius 1 is 1.17 bits per heavy atom. The van der Waals surface area contributed by atoms with Crippen molar-refractivity contribution in [2.75, 3.05) is 19.6 Å². The Labute approximate surface area is 149 Å². The molecule has 23 heavy (non-hydrogen) atoms. The van der Waals surface area contributed by atoms with E-state index in [2.05, 4.69) is 16.3 Å². The van der Waals surface area contributed by atoms with E-state index in [0.717, 1.165) is 30.2 Å². The average Bonchev–Trinajstić information content (AvgIpc) is 3.29. The third-order valence-electron chi connectivity index (χ3n) is 5.73. The first kappa shape index (κ1) is 17.1. The Hall–Kier alpha value is -0.770. The molecule has 4 rings (SSSR count). The van der Waals surface area contributed by atoms with Crippen molar-refractivity contribution in [2.45, 2.75) is 31.7 Å². The Balaban J connectivity index is 0.00000156. The summed E-state index contributed by atoms with van der Waals surface area (Å²) in [4.78, 5) is 15.2. The Morgan fingerprint density at radius 2 is 1.87 bits per heavy atom. The monoisotopic (exact) mass is 354 g/mol. The van der Waals surface area contributed by atoms with Crippen LogP contribution in [0.4, 0.5) is 0 Å². The van der Waals surface area contributed by atoms with Crippen molar-refractivity contribution in [2.24, 2.45) is 17.8 Å². The molecule has 1 saturated heterocycles. The topological polar surface area (TPSA) is 32.3 Å². The minimum Gasteiger partial charge on any atom is -0.333 e. The van der Waals surface area contributed by atoms with Crippen LogP contribution < -0.4 is 5.32 Å². The minimum absolute atomic E-state index is 0. The first-order valence-electron chi connectivity index (χ1n) is 8.53. The summed E-state index contributed by atoms with van der Waals surface area (Å²) in [5.41, 5.74) is 1.08. The van der Waals surface area contributed by atoms with Gasteiger partial charge in [0.15, 0.2) is 0 Å². The second-order valence-corrected chi connectivity index (χ2v) is 7.32. The summed E-state index contributed by atoms with van der Waals surface area (Å²) in [6.07, 6.45) is 5.12. The van der Waals surface area contributed by atoms with Crippen molar-refractivity contribution < 1.29 is 4.79 Å². The molecule has 1 N–H and O–H groups in total. The number of hydrogen-bond donors (Lipinski definition) is 1. The van der Waals surface area contributed by atoms with Gasteiger partial charge >= 0.3 is 0 Å². The van der Waals surface area contributed by atoms with Crippen molar-refractivity contribution in [3.8, 4) is 0 Å². The summed E-state index contributed by atoms with van der Waals surface area (Å²) in [5, 5.41) is 4.18. The SMILES string of the molecule is Cl.O=C(C1C2CCCCC21)N1CCNCC1c1ccccc1Cl. The molecule has 0 spiro atoms. The van der Waals surface area contributed by atoms with Gasteiger partial charge in [-0.25, -0.2) is 0 Å². The summed E-state index contributed by atoms with van der Waals surface area (Å²) in [6, 6.07) is 8.02. The van der Waals surface area contributed by atoms with Crippen LogP contribution in [0.2, 0.25) is 5.02 Å². The molecule has 5 heteroatoms. The molecule has 3 atom stereocenters. The number of nitrogens with zero attached hydrogens (tertiary/aromatic N) is 1. The Morgan fingerprint density at radius 3 is 2.57 bits per heavy atom. The van der Waals surface area contributed by atoms with Gasteiger partial charge < -0.3 is 10.2 Å². The van der Waals surface area contributed by atoms with Crippen molar-refractivity contribution in [1.82, 2.24) is 10.2 Å². The van der Waals surface area contributed by atoms with Gasteiger partial charge in [-0.15, -0.1) is 12.4 Å². The third kappa shape index (κ3) is 3.11. The van der Waals surface area contributed by atoms with Gasteiger partial charge in [0.1, 0.15) is 0 Å². The van der Waals surface area contributed by atoms with Gasteiger partial charge in [0, 0.05) is 30.6 Å². The summed E-state index contributed by atoms with van der Waals surface area (Å²) in [5.74, 6) is 2.01. The average molecular weight is 355 g/mol. The lowest BCUT2D eigenvalue weighted by atomic mass is 10.0. The molecule has 3 fully saturated rings. The molecular formula is C18H24Cl2N2O. The maximum absolute atomic E-state index is 13.1. The van der Waals surface area contributed by atoms with E-state index in [9.17, 15) is 4.79 Å². The van der Waals surface area contributed by atoms with Gasteiger partial charge in [-0.05, 0) is 36.3 Å². The third-order valence-corrected chi connectivity index (χ3v) is 6.08. The molecule has 3 aliphatic rings. The van der Waals surface area contributed by atoms with Gasteiger partial charge in [-0.2, -0.15) is 0 Å². The predicted octanol–water partition coefficient (Wildman–Crippen LogP) is 3.67. The van der Waals surface area contributed by atoms with Gasteiger partial charge in [-0.3, -0.25) is 4.79 Å². The van der Waals surface area contributed by atoms with Crippen LogP contribution in [-0.2, 0) is 4.79 Å². The normalized spacial score (nSPS) is 32.7. The lowest BCUT2D eigenvalue weighted by Crippen LogP contribution is -2.49. The molecule has 0 aromatic heterocycles. The lowest BCUT2D eigenvalue weighted by molar-refractivity contribution is -0.136. The number of hydrogen-bond acceptors (Lipinski definition) is 2. The number of carbonyl (C=O) groups is 1. The number of nitrogens with one attached hydrogen (secondary N) is 1. The molecule has 3 unspecified atom stereocenters. The molecule has 1 aromatic carbocycles. The number of amides is 1. The summed E-state index contributed by atoms with van der Waals surface area (Å²) in [7, 11) is 0. The van der Waals surface area contributed by atoms with Crippen LogP contribution in [0.1, 0.15) is 37.3 Å². The van der Waals surface area contributed by atoms with Crippen molar-refractivity contribution in [1.29, 1.82) is 0 Å². The van der Waals surface area contributed by atoms with Crippen LogP contribution in [0, 0.1) is 17.8 Å². The maximum atomic E-state index is 13.1. The highest BCUT2D eigenvalue weighted by molar-refractivity contribution is 6.31.